The first kappa shape index (κ1) is 30.6. The minimum Gasteiger partial charge on any atom is -0.309 e. The van der Waals surface area contributed by atoms with Gasteiger partial charge in [0.05, 0.1) is 11.0 Å². The van der Waals surface area contributed by atoms with Crippen molar-refractivity contribution in [2.75, 3.05) is 0 Å². The molecule has 10 rings (SSSR count). The smallest absolute Gasteiger partial charge is 0.164 e. The lowest BCUT2D eigenvalue weighted by molar-refractivity contribution is 1.07. The fourth-order valence-corrected chi connectivity index (χ4v) is 7.39. The summed E-state index contributed by atoms with van der Waals surface area (Å²) in [7, 11) is 0. The fraction of sp³-hybridized carbons (Fsp3) is 0. The Hall–Kier alpha value is -7.17. The normalized spacial score (nSPS) is 11.4. The highest BCUT2D eigenvalue weighted by Gasteiger charge is 2.15. The zero-order valence-corrected chi connectivity index (χ0v) is 28.8. The molecule has 0 aliphatic rings. The van der Waals surface area contributed by atoms with E-state index in [9.17, 15) is 0 Å². The third kappa shape index (κ3) is 5.63. The minimum atomic E-state index is 0.632. The van der Waals surface area contributed by atoms with Crippen molar-refractivity contribution in [1.82, 2.24) is 19.5 Å². The Labute approximate surface area is 307 Å². The van der Waals surface area contributed by atoms with Gasteiger partial charge in [0.1, 0.15) is 0 Å². The molecule has 0 bridgehead atoms. The van der Waals surface area contributed by atoms with E-state index < -0.39 is 0 Å². The van der Waals surface area contributed by atoms with Crippen molar-refractivity contribution in [2.45, 2.75) is 0 Å². The van der Waals surface area contributed by atoms with Crippen molar-refractivity contribution in [3.05, 3.63) is 194 Å². The van der Waals surface area contributed by atoms with Crippen LogP contribution in [-0.4, -0.2) is 19.5 Å². The lowest BCUT2D eigenvalue weighted by Gasteiger charge is -2.12. The lowest BCUT2D eigenvalue weighted by atomic mass is 10.00. The molecule has 0 amide bonds. The van der Waals surface area contributed by atoms with E-state index in [0.717, 1.165) is 39.1 Å². The van der Waals surface area contributed by atoms with E-state index in [0.29, 0.717) is 17.5 Å². The molecule has 0 unspecified atom stereocenters. The zero-order valence-electron chi connectivity index (χ0n) is 28.8. The number of hydrogen-bond donors (Lipinski definition) is 0. The maximum absolute atomic E-state index is 5.08. The highest BCUT2D eigenvalue weighted by atomic mass is 15.0. The van der Waals surface area contributed by atoms with Gasteiger partial charge >= 0.3 is 0 Å². The molecule has 53 heavy (non-hydrogen) atoms. The van der Waals surface area contributed by atoms with E-state index >= 15 is 0 Å². The summed E-state index contributed by atoms with van der Waals surface area (Å²) in [6, 6.07) is 68.2. The van der Waals surface area contributed by atoms with Gasteiger partial charge in [0, 0.05) is 33.2 Å². The van der Waals surface area contributed by atoms with E-state index in [-0.39, 0.29) is 0 Å². The van der Waals surface area contributed by atoms with Crippen molar-refractivity contribution in [1.29, 1.82) is 0 Å². The first-order chi connectivity index (χ1) is 26.2. The number of para-hydroxylation sites is 2. The number of aromatic nitrogens is 4. The molecule has 0 saturated heterocycles. The molecule has 0 aliphatic heterocycles. The largest absolute Gasteiger partial charge is 0.309 e. The summed E-state index contributed by atoms with van der Waals surface area (Å²) in [5.41, 5.74) is 10.8. The van der Waals surface area contributed by atoms with E-state index in [1.807, 2.05) is 30.3 Å². The Morgan fingerprint density at radius 1 is 0.283 bits per heavy atom. The van der Waals surface area contributed by atoms with Gasteiger partial charge in [-0.25, -0.2) is 15.0 Å². The minimum absolute atomic E-state index is 0.632. The first-order valence-corrected chi connectivity index (χ1v) is 17.9. The number of hydrogen-bond acceptors (Lipinski definition) is 3. The van der Waals surface area contributed by atoms with E-state index in [2.05, 4.69) is 168 Å². The second-order valence-corrected chi connectivity index (χ2v) is 13.3. The maximum Gasteiger partial charge on any atom is 0.164 e. The molecular formula is C49H32N4. The second kappa shape index (κ2) is 12.9. The number of nitrogens with zero attached hydrogens (tertiary/aromatic N) is 4. The molecule has 0 fully saturated rings. The Balaban J connectivity index is 1.04. The standard InChI is InChI=1S/C49H32N4/c1-2-13-35(14-3-1)47-50-48(36-27-24-34(25-28-36)40-29-26-33-12-4-5-15-37(33)30-40)52-49(51-47)41-18-10-16-38(31-41)39-17-11-19-42(32-39)53-45-22-8-6-20-43(45)44-21-7-9-23-46(44)53/h1-32H. The zero-order chi connectivity index (χ0) is 35.1. The predicted octanol–water partition coefficient (Wildman–Crippen LogP) is 12.5. The van der Waals surface area contributed by atoms with Crippen molar-refractivity contribution >= 4 is 32.6 Å². The van der Waals surface area contributed by atoms with Gasteiger partial charge in [-0.05, 0) is 69.4 Å². The van der Waals surface area contributed by atoms with Crippen LogP contribution in [0.3, 0.4) is 0 Å². The summed E-state index contributed by atoms with van der Waals surface area (Å²) in [6.07, 6.45) is 0. The Bertz CT molecular complexity index is 2890. The molecule has 0 aliphatic carbocycles. The molecule has 0 radical (unpaired) electrons. The van der Waals surface area contributed by atoms with Crippen LogP contribution in [0.25, 0.3) is 94.7 Å². The highest BCUT2D eigenvalue weighted by Crippen LogP contribution is 2.34. The number of rotatable bonds is 6. The second-order valence-electron chi connectivity index (χ2n) is 13.3. The monoisotopic (exact) mass is 676 g/mol. The molecule has 0 N–H and O–H groups in total. The van der Waals surface area contributed by atoms with Gasteiger partial charge in [-0.1, -0.05) is 158 Å². The van der Waals surface area contributed by atoms with Gasteiger partial charge < -0.3 is 4.57 Å². The Kier molecular flexibility index (Phi) is 7.43. The van der Waals surface area contributed by atoms with Crippen LogP contribution in [0.2, 0.25) is 0 Å². The van der Waals surface area contributed by atoms with Crippen LogP contribution in [0, 0.1) is 0 Å². The molecule has 0 atom stereocenters. The van der Waals surface area contributed by atoms with Gasteiger partial charge in [0.25, 0.3) is 0 Å². The topological polar surface area (TPSA) is 43.6 Å². The molecule has 10 aromatic rings. The SMILES string of the molecule is c1ccc(-c2nc(-c3ccc(-c4ccc5ccccc5c4)cc3)nc(-c3cccc(-c4cccc(-n5c6ccccc6c6ccccc65)c4)c3)n2)cc1. The van der Waals surface area contributed by atoms with Crippen molar-refractivity contribution in [2.24, 2.45) is 0 Å². The molecule has 248 valence electrons. The molecule has 4 heteroatoms. The van der Waals surface area contributed by atoms with Gasteiger partial charge in [-0.2, -0.15) is 0 Å². The van der Waals surface area contributed by atoms with E-state index in [1.165, 1.54) is 38.1 Å². The lowest BCUT2D eigenvalue weighted by Crippen LogP contribution is -2.00. The third-order valence-corrected chi connectivity index (χ3v) is 10.0. The summed E-state index contributed by atoms with van der Waals surface area (Å²) >= 11 is 0. The van der Waals surface area contributed by atoms with Crippen LogP contribution in [0.4, 0.5) is 0 Å². The fourth-order valence-electron chi connectivity index (χ4n) is 7.39. The quantitative estimate of drug-likeness (QED) is 0.176. The van der Waals surface area contributed by atoms with Crippen LogP contribution in [0.1, 0.15) is 0 Å². The van der Waals surface area contributed by atoms with Crippen LogP contribution >= 0.6 is 0 Å². The third-order valence-electron chi connectivity index (χ3n) is 10.0. The predicted molar refractivity (Wildman–Crippen MR) is 219 cm³/mol. The first-order valence-electron chi connectivity index (χ1n) is 17.9. The van der Waals surface area contributed by atoms with Gasteiger partial charge in [-0.3, -0.25) is 0 Å². The molecule has 2 heterocycles. The van der Waals surface area contributed by atoms with Gasteiger partial charge in [0.2, 0.25) is 0 Å². The number of fused-ring (bicyclic) bond motifs is 4. The summed E-state index contributed by atoms with van der Waals surface area (Å²) in [6.45, 7) is 0. The highest BCUT2D eigenvalue weighted by molar-refractivity contribution is 6.09. The van der Waals surface area contributed by atoms with Crippen LogP contribution < -0.4 is 0 Å². The molecule has 0 saturated carbocycles. The maximum atomic E-state index is 5.08. The van der Waals surface area contributed by atoms with Gasteiger partial charge in [-0.15, -0.1) is 0 Å². The van der Waals surface area contributed by atoms with Crippen molar-refractivity contribution in [3.63, 3.8) is 0 Å². The summed E-state index contributed by atoms with van der Waals surface area (Å²) < 4.78 is 2.35. The molecular weight excluding hydrogens is 645 g/mol. The molecule has 4 nitrogen and oxygen atoms in total. The van der Waals surface area contributed by atoms with Gasteiger partial charge in [0.15, 0.2) is 17.5 Å². The Morgan fingerprint density at radius 2 is 0.755 bits per heavy atom. The molecule has 0 spiro atoms. The average Bonchev–Trinajstić information content (AvgIpc) is 3.58. The average molecular weight is 677 g/mol. The van der Waals surface area contributed by atoms with E-state index in [1.54, 1.807) is 0 Å². The van der Waals surface area contributed by atoms with Crippen LogP contribution in [-0.2, 0) is 0 Å². The Morgan fingerprint density at radius 3 is 1.47 bits per heavy atom. The number of benzene rings is 8. The summed E-state index contributed by atoms with van der Waals surface area (Å²) in [5, 5.41) is 4.96. The van der Waals surface area contributed by atoms with Crippen molar-refractivity contribution < 1.29 is 0 Å². The molecule has 2 aromatic heterocycles. The summed E-state index contributed by atoms with van der Waals surface area (Å²) in [5.74, 6) is 1.91. The molecule has 8 aromatic carbocycles. The van der Waals surface area contributed by atoms with Crippen LogP contribution in [0.15, 0.2) is 194 Å². The van der Waals surface area contributed by atoms with Crippen molar-refractivity contribution in [3.8, 4) is 62.1 Å². The van der Waals surface area contributed by atoms with E-state index in [4.69, 9.17) is 15.0 Å². The summed E-state index contributed by atoms with van der Waals surface area (Å²) in [4.78, 5) is 15.1. The van der Waals surface area contributed by atoms with Crippen LogP contribution in [0.5, 0.6) is 0 Å².